The lowest BCUT2D eigenvalue weighted by atomic mass is 9.85. The Balaban J connectivity index is 1.20. The fourth-order valence-corrected chi connectivity index (χ4v) is 7.33. The van der Waals surface area contributed by atoms with Crippen molar-refractivity contribution in [1.29, 1.82) is 0 Å². The summed E-state index contributed by atoms with van der Waals surface area (Å²) in [5.41, 5.74) is 13.5. The molecule has 2 aliphatic rings. The minimum atomic E-state index is 0.672. The molecule has 6 aromatic carbocycles. The summed E-state index contributed by atoms with van der Waals surface area (Å²) in [6.07, 6.45) is 4.03. The predicted octanol–water partition coefficient (Wildman–Crippen LogP) is 9.84. The Labute approximate surface area is 273 Å². The molecule has 0 bridgehead atoms. The highest BCUT2D eigenvalue weighted by Crippen LogP contribution is 2.39. The quantitative estimate of drug-likeness (QED) is 0.164. The van der Waals surface area contributed by atoms with Crippen molar-refractivity contribution in [3.63, 3.8) is 0 Å². The molecule has 2 saturated heterocycles. The van der Waals surface area contributed by atoms with E-state index < -0.39 is 0 Å². The number of rotatable bonds is 9. The molecule has 0 radical (unpaired) electrons. The van der Waals surface area contributed by atoms with Crippen LogP contribution in [0.5, 0.6) is 0 Å². The highest BCUT2D eigenvalue weighted by Gasteiger charge is 2.20. The van der Waals surface area contributed by atoms with Crippen molar-refractivity contribution in [3.8, 4) is 11.1 Å². The maximum atomic E-state index is 5.41. The van der Waals surface area contributed by atoms with Crippen molar-refractivity contribution in [1.82, 2.24) is 0 Å². The SMILES string of the molecule is Cc1ccc2c(-c3c(Cc4ccc(CC5COC5)cc4)ccc4cc(C)ccc34)cc(Cc3ccc(CC4COC4)cc3)cc2c1. The zero-order valence-corrected chi connectivity index (χ0v) is 27.0. The Bertz CT molecular complexity index is 2010. The van der Waals surface area contributed by atoms with Gasteiger partial charge < -0.3 is 9.47 Å². The van der Waals surface area contributed by atoms with Crippen LogP contribution in [-0.4, -0.2) is 26.4 Å². The molecule has 0 saturated carbocycles. The molecule has 2 aliphatic heterocycles. The van der Waals surface area contributed by atoms with Gasteiger partial charge >= 0.3 is 0 Å². The van der Waals surface area contributed by atoms with E-state index in [0.29, 0.717) is 11.8 Å². The molecule has 2 heteroatoms. The minimum Gasteiger partial charge on any atom is -0.381 e. The summed E-state index contributed by atoms with van der Waals surface area (Å²) >= 11 is 0. The van der Waals surface area contributed by atoms with Gasteiger partial charge in [0.2, 0.25) is 0 Å². The van der Waals surface area contributed by atoms with Crippen LogP contribution in [0.1, 0.15) is 44.5 Å². The van der Waals surface area contributed by atoms with Gasteiger partial charge in [0.05, 0.1) is 26.4 Å². The van der Waals surface area contributed by atoms with E-state index in [1.807, 2.05) is 0 Å². The molecule has 0 aromatic heterocycles. The van der Waals surface area contributed by atoms with Crippen LogP contribution in [0.2, 0.25) is 0 Å². The lowest BCUT2D eigenvalue weighted by Gasteiger charge is -2.25. The Morgan fingerprint density at radius 2 is 1.02 bits per heavy atom. The average molecular weight is 603 g/mol. The summed E-state index contributed by atoms with van der Waals surface area (Å²) in [5.74, 6) is 1.35. The van der Waals surface area contributed by atoms with Crippen molar-refractivity contribution in [2.75, 3.05) is 26.4 Å². The van der Waals surface area contributed by atoms with E-state index in [9.17, 15) is 0 Å². The first-order valence-electron chi connectivity index (χ1n) is 16.9. The van der Waals surface area contributed by atoms with Gasteiger partial charge in [-0.3, -0.25) is 0 Å². The van der Waals surface area contributed by atoms with Crippen LogP contribution >= 0.6 is 0 Å². The summed E-state index contributed by atoms with van der Waals surface area (Å²) in [6.45, 7) is 7.99. The van der Waals surface area contributed by atoms with Crippen LogP contribution in [0.3, 0.4) is 0 Å². The van der Waals surface area contributed by atoms with Crippen LogP contribution < -0.4 is 0 Å². The summed E-state index contributed by atoms with van der Waals surface area (Å²) in [7, 11) is 0. The molecule has 2 heterocycles. The highest BCUT2D eigenvalue weighted by molar-refractivity contribution is 6.07. The molecule has 230 valence electrons. The minimum absolute atomic E-state index is 0.672. The Kier molecular flexibility index (Phi) is 7.94. The first-order chi connectivity index (χ1) is 22.5. The van der Waals surface area contributed by atoms with Gasteiger partial charge in [-0.15, -0.1) is 0 Å². The first-order valence-corrected chi connectivity index (χ1v) is 16.9. The van der Waals surface area contributed by atoms with Gasteiger partial charge in [0.1, 0.15) is 0 Å². The third-order valence-corrected chi connectivity index (χ3v) is 10.0. The molecule has 2 fully saturated rings. The fourth-order valence-electron chi connectivity index (χ4n) is 7.33. The summed E-state index contributed by atoms with van der Waals surface area (Å²) in [6, 6.07) is 42.0. The van der Waals surface area contributed by atoms with E-state index >= 15 is 0 Å². The Hall–Kier alpha value is -4.24. The van der Waals surface area contributed by atoms with Crippen molar-refractivity contribution in [3.05, 3.63) is 154 Å². The zero-order valence-electron chi connectivity index (χ0n) is 27.0. The van der Waals surface area contributed by atoms with Crippen LogP contribution in [0.15, 0.2) is 109 Å². The van der Waals surface area contributed by atoms with Gasteiger partial charge in [-0.05, 0) is 106 Å². The molecule has 2 nitrogen and oxygen atoms in total. The fraction of sp³-hybridized carbons (Fsp3) is 0.273. The topological polar surface area (TPSA) is 18.5 Å². The molecule has 6 aromatic rings. The number of hydrogen-bond acceptors (Lipinski definition) is 2. The second-order valence-corrected chi connectivity index (χ2v) is 13.9. The summed E-state index contributed by atoms with van der Waals surface area (Å²) in [4.78, 5) is 0. The van der Waals surface area contributed by atoms with Crippen molar-refractivity contribution >= 4 is 21.5 Å². The number of hydrogen-bond donors (Lipinski definition) is 0. The van der Waals surface area contributed by atoms with E-state index in [0.717, 1.165) is 52.1 Å². The lowest BCUT2D eigenvalue weighted by Crippen LogP contribution is -2.29. The molecule has 0 aliphatic carbocycles. The maximum absolute atomic E-state index is 5.41. The molecule has 0 unspecified atom stereocenters. The monoisotopic (exact) mass is 602 g/mol. The number of fused-ring (bicyclic) bond motifs is 2. The van der Waals surface area contributed by atoms with Crippen LogP contribution in [0.25, 0.3) is 32.7 Å². The van der Waals surface area contributed by atoms with Gasteiger partial charge in [0.25, 0.3) is 0 Å². The van der Waals surface area contributed by atoms with Crippen molar-refractivity contribution < 1.29 is 9.47 Å². The average Bonchev–Trinajstić information content (AvgIpc) is 3.02. The van der Waals surface area contributed by atoms with Gasteiger partial charge in [-0.25, -0.2) is 0 Å². The van der Waals surface area contributed by atoms with Crippen molar-refractivity contribution in [2.24, 2.45) is 11.8 Å². The molecule has 8 rings (SSSR count). The number of benzene rings is 6. The second-order valence-electron chi connectivity index (χ2n) is 13.9. The molecular weight excluding hydrogens is 560 g/mol. The lowest BCUT2D eigenvalue weighted by molar-refractivity contribution is -0.0312. The maximum Gasteiger partial charge on any atom is 0.0519 e. The number of ether oxygens (including phenoxy) is 2. The smallest absolute Gasteiger partial charge is 0.0519 e. The van der Waals surface area contributed by atoms with Gasteiger partial charge in [-0.1, -0.05) is 120 Å². The third-order valence-electron chi connectivity index (χ3n) is 10.0. The normalized spacial score (nSPS) is 15.3. The van der Waals surface area contributed by atoms with Gasteiger partial charge in [0, 0.05) is 11.8 Å². The predicted molar refractivity (Wildman–Crippen MR) is 191 cm³/mol. The van der Waals surface area contributed by atoms with E-state index in [4.69, 9.17) is 9.47 Å². The zero-order chi connectivity index (χ0) is 31.0. The summed E-state index contributed by atoms with van der Waals surface area (Å²) in [5, 5.41) is 5.26. The van der Waals surface area contributed by atoms with Crippen LogP contribution in [-0.2, 0) is 35.2 Å². The Morgan fingerprint density at radius 3 is 1.61 bits per heavy atom. The highest BCUT2D eigenvalue weighted by atomic mass is 16.5. The first kappa shape index (κ1) is 29.2. The molecular formula is C44H42O2. The van der Waals surface area contributed by atoms with Crippen molar-refractivity contribution in [2.45, 2.75) is 39.5 Å². The van der Waals surface area contributed by atoms with E-state index in [1.54, 1.807) is 0 Å². The second kappa shape index (κ2) is 12.5. The number of aryl methyl sites for hydroxylation is 2. The molecule has 0 N–H and O–H groups in total. The van der Waals surface area contributed by atoms with Gasteiger partial charge in [0.15, 0.2) is 0 Å². The van der Waals surface area contributed by atoms with E-state index in [-0.39, 0.29) is 0 Å². The largest absolute Gasteiger partial charge is 0.381 e. The molecule has 46 heavy (non-hydrogen) atoms. The Morgan fingerprint density at radius 1 is 0.478 bits per heavy atom. The van der Waals surface area contributed by atoms with Crippen LogP contribution in [0.4, 0.5) is 0 Å². The molecule has 0 spiro atoms. The van der Waals surface area contributed by atoms with E-state index in [2.05, 4.69) is 123 Å². The molecule has 0 atom stereocenters. The van der Waals surface area contributed by atoms with E-state index in [1.165, 1.54) is 77.2 Å². The third kappa shape index (κ3) is 6.12. The summed E-state index contributed by atoms with van der Waals surface area (Å²) < 4.78 is 10.8. The van der Waals surface area contributed by atoms with Gasteiger partial charge in [-0.2, -0.15) is 0 Å². The standard InChI is InChI=1S/C44H42O2/c1-29-4-16-42-38(17-29)13-14-39(22-34-11-9-33(10-12-34)21-37-27-46-28-37)44(42)43-24-35(23-40-18-30(2)3-15-41(40)43)19-31-5-7-32(8-6-31)20-36-25-45-26-36/h3-18,23-24,36-37H,19-22,25-28H2,1-2H3. The van der Waals surface area contributed by atoms with Crippen LogP contribution in [0, 0.1) is 25.7 Å². The molecule has 0 amide bonds.